The number of amides is 3. The molecular formula is C14H22N4O2. The van der Waals surface area contributed by atoms with Crippen molar-refractivity contribution >= 4 is 23.3 Å². The van der Waals surface area contributed by atoms with E-state index in [1.807, 2.05) is 43.3 Å². The monoisotopic (exact) mass is 278 g/mol. The van der Waals surface area contributed by atoms with Gasteiger partial charge in [-0.05, 0) is 38.1 Å². The topological polar surface area (TPSA) is 73.5 Å². The maximum absolute atomic E-state index is 11.8. The Morgan fingerprint density at radius 2 is 1.80 bits per heavy atom. The third-order valence-corrected chi connectivity index (χ3v) is 2.73. The van der Waals surface area contributed by atoms with Gasteiger partial charge in [-0.25, -0.2) is 4.79 Å². The Bertz CT molecular complexity index is 457. The van der Waals surface area contributed by atoms with Crippen LogP contribution in [0.2, 0.25) is 0 Å². The van der Waals surface area contributed by atoms with Crippen LogP contribution >= 0.6 is 0 Å². The van der Waals surface area contributed by atoms with Gasteiger partial charge in [0.1, 0.15) is 6.04 Å². The van der Waals surface area contributed by atoms with E-state index >= 15 is 0 Å². The molecule has 6 nitrogen and oxygen atoms in total. The molecule has 0 spiro atoms. The molecule has 0 fully saturated rings. The zero-order valence-electron chi connectivity index (χ0n) is 12.4. The molecule has 6 heteroatoms. The predicted molar refractivity (Wildman–Crippen MR) is 81.1 cm³/mol. The van der Waals surface area contributed by atoms with Crippen molar-refractivity contribution in [1.29, 1.82) is 0 Å². The Hall–Kier alpha value is -2.24. The highest BCUT2D eigenvalue weighted by Crippen LogP contribution is 2.16. The molecule has 110 valence electrons. The summed E-state index contributed by atoms with van der Waals surface area (Å²) in [5.41, 5.74) is 1.91. The fraction of sp³-hybridized carbons (Fsp3) is 0.429. The van der Waals surface area contributed by atoms with Gasteiger partial charge in [-0.15, -0.1) is 0 Å². The number of carbonyl (C=O) groups excluding carboxylic acids is 2. The van der Waals surface area contributed by atoms with E-state index in [4.69, 9.17) is 0 Å². The average molecular weight is 278 g/mol. The smallest absolute Gasteiger partial charge is 0.321 e. The lowest BCUT2D eigenvalue weighted by Gasteiger charge is -2.16. The molecule has 3 amide bonds. The number of nitrogens with one attached hydrogen (secondary N) is 3. The molecule has 0 bridgehead atoms. The third-order valence-electron chi connectivity index (χ3n) is 2.73. The Balaban J connectivity index is 2.54. The van der Waals surface area contributed by atoms with E-state index in [1.165, 1.54) is 0 Å². The molecule has 0 saturated heterocycles. The number of rotatable bonds is 5. The minimum Gasteiger partial charge on any atom is -0.378 e. The molecule has 1 rings (SSSR count). The molecule has 3 N–H and O–H groups in total. The van der Waals surface area contributed by atoms with E-state index in [-0.39, 0.29) is 5.91 Å². The van der Waals surface area contributed by atoms with Crippen LogP contribution in [0.15, 0.2) is 24.3 Å². The van der Waals surface area contributed by atoms with Gasteiger partial charge in [0.2, 0.25) is 5.91 Å². The molecule has 0 heterocycles. The van der Waals surface area contributed by atoms with Crippen LogP contribution in [0.25, 0.3) is 0 Å². The number of anilines is 2. The number of carbonyl (C=O) groups is 2. The van der Waals surface area contributed by atoms with Gasteiger partial charge >= 0.3 is 6.03 Å². The first kappa shape index (κ1) is 15.8. The second-order valence-electron chi connectivity index (χ2n) is 4.66. The molecule has 0 aromatic heterocycles. The quantitative estimate of drug-likeness (QED) is 0.761. The van der Waals surface area contributed by atoms with E-state index in [0.29, 0.717) is 6.54 Å². The van der Waals surface area contributed by atoms with Gasteiger partial charge < -0.3 is 15.5 Å². The maximum Gasteiger partial charge on any atom is 0.321 e. The van der Waals surface area contributed by atoms with Crippen molar-refractivity contribution in [1.82, 2.24) is 10.6 Å². The predicted octanol–water partition coefficient (Wildman–Crippen LogP) is 1.40. The SMILES string of the molecule is CCNC(=O)NC(=O)C(C)Nc1ccc(N(C)C)cc1. The van der Waals surface area contributed by atoms with Gasteiger partial charge in [0.15, 0.2) is 0 Å². The fourth-order valence-electron chi connectivity index (χ4n) is 1.60. The normalized spacial score (nSPS) is 11.4. The molecule has 1 unspecified atom stereocenters. The number of imide groups is 1. The zero-order chi connectivity index (χ0) is 15.1. The average Bonchev–Trinajstić information content (AvgIpc) is 2.39. The van der Waals surface area contributed by atoms with E-state index in [2.05, 4.69) is 16.0 Å². The number of hydrogen-bond acceptors (Lipinski definition) is 4. The van der Waals surface area contributed by atoms with Crippen LogP contribution in [0.1, 0.15) is 13.8 Å². The van der Waals surface area contributed by atoms with Crippen LogP contribution in [0.3, 0.4) is 0 Å². The van der Waals surface area contributed by atoms with Crippen LogP contribution in [-0.2, 0) is 4.79 Å². The summed E-state index contributed by atoms with van der Waals surface area (Å²) in [6.45, 7) is 3.97. The van der Waals surface area contributed by atoms with Crippen molar-refractivity contribution in [3.8, 4) is 0 Å². The highest BCUT2D eigenvalue weighted by molar-refractivity contribution is 5.97. The summed E-state index contributed by atoms with van der Waals surface area (Å²) in [5, 5.41) is 7.83. The van der Waals surface area contributed by atoms with Crippen molar-refractivity contribution < 1.29 is 9.59 Å². The molecule has 1 aromatic carbocycles. The second kappa shape index (κ2) is 7.37. The van der Waals surface area contributed by atoms with Crippen molar-refractivity contribution in [2.24, 2.45) is 0 Å². The van der Waals surface area contributed by atoms with Crippen LogP contribution < -0.4 is 20.9 Å². The van der Waals surface area contributed by atoms with E-state index in [9.17, 15) is 9.59 Å². The zero-order valence-corrected chi connectivity index (χ0v) is 12.4. The van der Waals surface area contributed by atoms with Crippen molar-refractivity contribution in [2.45, 2.75) is 19.9 Å². The standard InChI is InChI=1S/C14H22N4O2/c1-5-15-14(20)17-13(19)10(2)16-11-6-8-12(9-7-11)18(3)4/h6-10,16H,5H2,1-4H3,(H2,15,17,19,20). The lowest BCUT2D eigenvalue weighted by Crippen LogP contribution is -2.45. The molecule has 0 radical (unpaired) electrons. The lowest BCUT2D eigenvalue weighted by molar-refractivity contribution is -0.120. The van der Waals surface area contributed by atoms with E-state index in [1.54, 1.807) is 13.8 Å². The van der Waals surface area contributed by atoms with E-state index < -0.39 is 12.1 Å². The van der Waals surface area contributed by atoms with Crippen molar-refractivity contribution in [3.05, 3.63) is 24.3 Å². The van der Waals surface area contributed by atoms with E-state index in [0.717, 1.165) is 11.4 Å². The first-order valence-corrected chi connectivity index (χ1v) is 6.56. The molecule has 1 atom stereocenters. The Morgan fingerprint density at radius 1 is 1.20 bits per heavy atom. The molecule has 0 aliphatic carbocycles. The van der Waals surface area contributed by atoms with Gasteiger partial charge in [-0.2, -0.15) is 0 Å². The van der Waals surface area contributed by atoms with Crippen LogP contribution in [0, 0.1) is 0 Å². The van der Waals surface area contributed by atoms with Gasteiger partial charge in [-0.3, -0.25) is 10.1 Å². The van der Waals surface area contributed by atoms with Crippen LogP contribution in [0.5, 0.6) is 0 Å². The number of nitrogens with zero attached hydrogens (tertiary/aromatic N) is 1. The summed E-state index contributed by atoms with van der Waals surface area (Å²) in [6.07, 6.45) is 0. The van der Waals surface area contributed by atoms with Crippen LogP contribution in [0.4, 0.5) is 16.2 Å². The van der Waals surface area contributed by atoms with Crippen molar-refractivity contribution in [2.75, 3.05) is 30.9 Å². The minimum absolute atomic E-state index is 0.368. The molecule has 1 aromatic rings. The van der Waals surface area contributed by atoms with Crippen molar-refractivity contribution in [3.63, 3.8) is 0 Å². The molecular weight excluding hydrogens is 256 g/mol. The first-order valence-electron chi connectivity index (χ1n) is 6.56. The number of hydrogen-bond donors (Lipinski definition) is 3. The summed E-state index contributed by atoms with van der Waals surface area (Å²) in [7, 11) is 3.93. The number of benzene rings is 1. The molecule has 0 aliphatic heterocycles. The summed E-state index contributed by atoms with van der Waals surface area (Å²) < 4.78 is 0. The summed E-state index contributed by atoms with van der Waals surface area (Å²) in [5.74, 6) is -0.368. The fourth-order valence-corrected chi connectivity index (χ4v) is 1.60. The Kier molecular flexibility index (Phi) is 5.83. The third kappa shape index (κ3) is 4.79. The van der Waals surface area contributed by atoms with Crippen LogP contribution in [-0.4, -0.2) is 38.6 Å². The maximum atomic E-state index is 11.8. The summed E-state index contributed by atoms with van der Waals surface area (Å²) in [6, 6.07) is 6.72. The van der Waals surface area contributed by atoms with Gasteiger partial charge in [-0.1, -0.05) is 0 Å². The summed E-state index contributed by atoms with van der Waals surface area (Å²) >= 11 is 0. The number of urea groups is 1. The summed E-state index contributed by atoms with van der Waals surface area (Å²) in [4.78, 5) is 25.0. The minimum atomic E-state index is -0.497. The van der Waals surface area contributed by atoms with Gasteiger partial charge in [0.05, 0.1) is 0 Å². The molecule has 20 heavy (non-hydrogen) atoms. The molecule has 0 aliphatic rings. The van der Waals surface area contributed by atoms with Gasteiger partial charge in [0, 0.05) is 32.0 Å². The Morgan fingerprint density at radius 3 is 2.30 bits per heavy atom. The highest BCUT2D eigenvalue weighted by atomic mass is 16.2. The second-order valence-corrected chi connectivity index (χ2v) is 4.66. The highest BCUT2D eigenvalue weighted by Gasteiger charge is 2.15. The van der Waals surface area contributed by atoms with Gasteiger partial charge in [0.25, 0.3) is 0 Å². The first-order chi connectivity index (χ1) is 9.43. The largest absolute Gasteiger partial charge is 0.378 e. The molecule has 0 saturated carbocycles. The Labute approximate surface area is 119 Å². The lowest BCUT2D eigenvalue weighted by atomic mass is 10.2.